The number of aromatic nitrogens is 1. The zero-order valence-electron chi connectivity index (χ0n) is 25.0. The van der Waals surface area contributed by atoms with E-state index in [9.17, 15) is 18.0 Å². The third-order valence-electron chi connectivity index (χ3n) is 9.44. The number of nitrogens with one attached hydrogen (secondary N) is 1. The van der Waals surface area contributed by atoms with Gasteiger partial charge in [0.05, 0.1) is 31.3 Å². The van der Waals surface area contributed by atoms with Gasteiger partial charge in [-0.25, -0.2) is 13.1 Å². The highest BCUT2D eigenvalue weighted by molar-refractivity contribution is 7.89. The number of rotatable bonds is 9. The predicted molar refractivity (Wildman–Crippen MR) is 164 cm³/mol. The Labute approximate surface area is 253 Å². The molecular formula is C33H41N3O6S. The molecule has 1 unspecified atom stereocenters. The Balaban J connectivity index is 1.09. The number of carbonyl (C=O) groups excluding carboxylic acids is 2. The number of carbonyl (C=O) groups is 2. The molecule has 2 heterocycles. The van der Waals surface area contributed by atoms with Crippen LogP contribution in [0.3, 0.4) is 0 Å². The van der Waals surface area contributed by atoms with E-state index in [0.29, 0.717) is 64.2 Å². The highest BCUT2D eigenvalue weighted by atomic mass is 32.2. The van der Waals surface area contributed by atoms with E-state index in [4.69, 9.17) is 9.47 Å². The molecule has 10 heteroatoms. The summed E-state index contributed by atoms with van der Waals surface area (Å²) in [5.41, 5.74) is 3.87. The topological polar surface area (TPSA) is 107 Å². The zero-order chi connectivity index (χ0) is 30.1. The summed E-state index contributed by atoms with van der Waals surface area (Å²) in [5.74, 6) is 0.531. The molecule has 43 heavy (non-hydrogen) atoms. The quantitative estimate of drug-likeness (QED) is 0.361. The maximum atomic E-state index is 13.4. The molecule has 1 saturated heterocycles. The van der Waals surface area contributed by atoms with Crippen LogP contribution in [0.1, 0.15) is 50.5 Å². The summed E-state index contributed by atoms with van der Waals surface area (Å²) in [6.45, 7) is 1.91. The molecule has 1 N–H and O–H groups in total. The first-order valence-corrected chi connectivity index (χ1v) is 16.9. The SMILES string of the molecule is COC(=O)CCc1ccc(-c2cc3ccc(S(=O)(=O)NC4CCC(C(=O)N5CCOCC5C5CC5)CC4)cc3n2C)cc1. The van der Waals surface area contributed by atoms with Crippen molar-refractivity contribution in [2.45, 2.75) is 68.3 Å². The lowest BCUT2D eigenvalue weighted by molar-refractivity contribution is -0.146. The van der Waals surface area contributed by atoms with Gasteiger partial charge in [0, 0.05) is 48.6 Å². The molecule has 2 saturated carbocycles. The molecular weight excluding hydrogens is 566 g/mol. The number of fused-ring (bicyclic) bond motifs is 1. The Bertz CT molecular complexity index is 1590. The van der Waals surface area contributed by atoms with Gasteiger partial charge >= 0.3 is 5.97 Å². The van der Waals surface area contributed by atoms with Crippen molar-refractivity contribution in [1.29, 1.82) is 0 Å². The summed E-state index contributed by atoms with van der Waals surface area (Å²) in [6, 6.07) is 15.4. The van der Waals surface area contributed by atoms with Crippen LogP contribution in [0.5, 0.6) is 0 Å². The van der Waals surface area contributed by atoms with Crippen molar-refractivity contribution >= 4 is 32.8 Å². The van der Waals surface area contributed by atoms with Gasteiger partial charge in [-0.1, -0.05) is 30.3 Å². The lowest BCUT2D eigenvalue weighted by Crippen LogP contribution is -2.52. The Hall–Kier alpha value is -3.21. The van der Waals surface area contributed by atoms with Crippen molar-refractivity contribution in [2.24, 2.45) is 18.9 Å². The Kier molecular flexibility index (Phi) is 8.62. The molecule has 0 spiro atoms. The van der Waals surface area contributed by atoms with E-state index in [1.165, 1.54) is 20.0 Å². The summed E-state index contributed by atoms with van der Waals surface area (Å²) in [6.07, 6.45) is 6.00. The highest BCUT2D eigenvalue weighted by Crippen LogP contribution is 2.38. The lowest BCUT2D eigenvalue weighted by atomic mass is 9.85. The van der Waals surface area contributed by atoms with Crippen LogP contribution in [0.25, 0.3) is 22.2 Å². The molecule has 0 bridgehead atoms. The second-order valence-corrected chi connectivity index (χ2v) is 14.0. The second kappa shape index (κ2) is 12.4. The van der Waals surface area contributed by atoms with Gasteiger partial charge in [-0.05, 0) is 80.2 Å². The van der Waals surface area contributed by atoms with Crippen LogP contribution in [-0.2, 0) is 42.6 Å². The molecule has 6 rings (SSSR count). The number of benzene rings is 2. The fourth-order valence-electron chi connectivity index (χ4n) is 6.69. The van der Waals surface area contributed by atoms with Crippen LogP contribution < -0.4 is 4.72 Å². The van der Waals surface area contributed by atoms with Gasteiger partial charge in [0.2, 0.25) is 15.9 Å². The maximum absolute atomic E-state index is 13.4. The van der Waals surface area contributed by atoms with E-state index in [0.717, 1.165) is 27.7 Å². The van der Waals surface area contributed by atoms with Crippen LogP contribution in [0, 0.1) is 11.8 Å². The lowest BCUT2D eigenvalue weighted by Gasteiger charge is -2.39. The molecule has 1 amide bonds. The molecule has 1 aromatic heterocycles. The minimum atomic E-state index is -3.73. The number of methoxy groups -OCH3 is 1. The minimum absolute atomic E-state index is 0.0415. The maximum Gasteiger partial charge on any atom is 0.305 e. The summed E-state index contributed by atoms with van der Waals surface area (Å²) >= 11 is 0. The van der Waals surface area contributed by atoms with Crippen LogP contribution in [0.2, 0.25) is 0 Å². The predicted octanol–water partition coefficient (Wildman–Crippen LogP) is 4.43. The van der Waals surface area contributed by atoms with Gasteiger partial charge in [0.1, 0.15) is 0 Å². The number of amides is 1. The van der Waals surface area contributed by atoms with E-state index >= 15 is 0 Å². The van der Waals surface area contributed by atoms with Gasteiger partial charge in [-0.3, -0.25) is 9.59 Å². The average molecular weight is 608 g/mol. The Morgan fingerprint density at radius 1 is 1.00 bits per heavy atom. The van der Waals surface area contributed by atoms with Crippen molar-refractivity contribution in [3.8, 4) is 11.3 Å². The van der Waals surface area contributed by atoms with Crippen molar-refractivity contribution in [2.75, 3.05) is 26.9 Å². The molecule has 1 atom stereocenters. The van der Waals surface area contributed by atoms with Crippen molar-refractivity contribution < 1.29 is 27.5 Å². The monoisotopic (exact) mass is 607 g/mol. The number of morpholine rings is 1. The fourth-order valence-corrected chi connectivity index (χ4v) is 8.02. The van der Waals surface area contributed by atoms with Crippen LogP contribution in [-0.4, -0.2) is 68.7 Å². The standard InChI is InChI=1S/C33H41N3O6S/c1-35-29(23-6-3-22(4-7-23)5-16-32(37)41-2)19-26-12-15-28(20-30(26)35)43(39,40)34-27-13-10-25(11-14-27)33(38)36-17-18-42-21-31(36)24-8-9-24/h3-4,6-7,12,15,19-20,24-25,27,31,34H,5,8-11,13-14,16-18,21H2,1-2H3. The van der Waals surface area contributed by atoms with Crippen LogP contribution in [0.4, 0.5) is 0 Å². The van der Waals surface area contributed by atoms with Gasteiger partial charge in [-0.15, -0.1) is 0 Å². The van der Waals surface area contributed by atoms with E-state index in [-0.39, 0.29) is 34.8 Å². The average Bonchev–Trinajstić information content (AvgIpc) is 3.83. The number of aryl methyl sites for hydroxylation is 2. The van der Waals surface area contributed by atoms with Gasteiger partial charge in [0.25, 0.3) is 0 Å². The Morgan fingerprint density at radius 3 is 2.44 bits per heavy atom. The number of ether oxygens (including phenoxy) is 2. The van der Waals surface area contributed by atoms with Crippen molar-refractivity contribution in [3.05, 3.63) is 54.1 Å². The van der Waals surface area contributed by atoms with Gasteiger partial charge in [-0.2, -0.15) is 0 Å². The van der Waals surface area contributed by atoms with E-state index in [2.05, 4.69) is 15.7 Å². The molecule has 9 nitrogen and oxygen atoms in total. The third-order valence-corrected chi connectivity index (χ3v) is 11.0. The molecule has 0 radical (unpaired) electrons. The normalized spacial score (nSPS) is 22.9. The van der Waals surface area contributed by atoms with Gasteiger partial charge in [0.15, 0.2) is 0 Å². The molecule has 2 aliphatic carbocycles. The number of hydrogen-bond acceptors (Lipinski definition) is 6. The zero-order valence-corrected chi connectivity index (χ0v) is 25.8. The van der Waals surface area contributed by atoms with E-state index in [1.807, 2.05) is 41.9 Å². The van der Waals surface area contributed by atoms with E-state index in [1.54, 1.807) is 12.1 Å². The first-order valence-electron chi connectivity index (χ1n) is 15.4. The number of nitrogens with zero attached hydrogens (tertiary/aromatic N) is 2. The summed E-state index contributed by atoms with van der Waals surface area (Å²) < 4.78 is 42.2. The smallest absolute Gasteiger partial charge is 0.305 e. The minimum Gasteiger partial charge on any atom is -0.469 e. The Morgan fingerprint density at radius 2 is 1.74 bits per heavy atom. The molecule has 3 fully saturated rings. The third kappa shape index (κ3) is 6.51. The number of sulfonamides is 1. The summed E-state index contributed by atoms with van der Waals surface area (Å²) in [7, 11) is -0.398. The van der Waals surface area contributed by atoms with E-state index < -0.39 is 10.0 Å². The van der Waals surface area contributed by atoms with Gasteiger partial charge < -0.3 is 18.9 Å². The highest BCUT2D eigenvalue weighted by Gasteiger charge is 2.41. The first-order chi connectivity index (χ1) is 20.7. The van der Waals surface area contributed by atoms with Crippen LogP contribution >= 0.6 is 0 Å². The molecule has 3 aliphatic rings. The largest absolute Gasteiger partial charge is 0.469 e. The first kappa shape index (κ1) is 29.8. The van der Waals surface area contributed by atoms with Crippen molar-refractivity contribution in [1.82, 2.24) is 14.2 Å². The number of hydrogen-bond donors (Lipinski definition) is 1. The molecule has 3 aromatic rings. The summed E-state index contributed by atoms with van der Waals surface area (Å²) in [5, 5.41) is 0.956. The number of esters is 1. The van der Waals surface area contributed by atoms with Crippen molar-refractivity contribution in [3.63, 3.8) is 0 Å². The molecule has 1 aliphatic heterocycles. The van der Waals surface area contributed by atoms with Crippen LogP contribution in [0.15, 0.2) is 53.4 Å². The fraction of sp³-hybridized carbons (Fsp3) is 0.515. The second-order valence-electron chi connectivity index (χ2n) is 12.3. The molecule has 2 aromatic carbocycles. The molecule has 230 valence electrons. The summed E-state index contributed by atoms with van der Waals surface area (Å²) in [4.78, 5) is 27.1.